The van der Waals surface area contributed by atoms with Crippen molar-refractivity contribution in [3.05, 3.63) is 83.5 Å². The van der Waals surface area contributed by atoms with Crippen LogP contribution in [0.25, 0.3) is 22.2 Å². The Hall–Kier alpha value is -3.59. The van der Waals surface area contributed by atoms with E-state index in [-0.39, 0.29) is 5.91 Å². The quantitative estimate of drug-likeness (QED) is 0.283. The van der Waals surface area contributed by atoms with Crippen molar-refractivity contribution >= 4 is 22.6 Å². The normalized spacial score (nSPS) is 18.0. The highest BCUT2D eigenvalue weighted by atomic mass is 19.2. The molecule has 0 bridgehead atoms. The molecule has 2 aromatic heterocycles. The Bertz CT molecular complexity index is 1520. The van der Waals surface area contributed by atoms with E-state index in [4.69, 9.17) is 14.2 Å². The zero-order valence-corrected chi connectivity index (χ0v) is 22.2. The van der Waals surface area contributed by atoms with E-state index in [0.29, 0.717) is 36.8 Å². The highest BCUT2D eigenvalue weighted by molar-refractivity contribution is 5.97. The number of aromatic nitrogens is 3. The van der Waals surface area contributed by atoms with E-state index < -0.39 is 11.6 Å². The third kappa shape index (κ3) is 4.52. The number of halogens is 2. The summed E-state index contributed by atoms with van der Waals surface area (Å²) in [5.41, 5.74) is 4.67. The standard InChI is InChI=1S/C30H29F2N4O3/c1-17-29(18(2)39-34-17)19-7-14-26-25(15-19)33-30(36(26)20-8-11-22(38-3)12-9-20)27-5-4-6-28(37)35(27)21-10-13-23(31)24(32)16-21/h7,10,13-16H,4-6,8-9,11-12H2,1-3H3. The number of piperidine rings is 1. The second kappa shape index (κ2) is 10.2. The lowest BCUT2D eigenvalue weighted by Crippen LogP contribution is -2.40. The van der Waals surface area contributed by atoms with Crippen molar-refractivity contribution in [2.45, 2.75) is 58.8 Å². The van der Waals surface area contributed by atoms with Gasteiger partial charge in [0.15, 0.2) is 11.6 Å². The highest BCUT2D eigenvalue weighted by Gasteiger charge is 2.38. The number of hydrogen-bond donors (Lipinski definition) is 0. The van der Waals surface area contributed by atoms with Crippen LogP contribution < -0.4 is 4.90 Å². The van der Waals surface area contributed by atoms with Crippen LogP contribution in [0.3, 0.4) is 0 Å². The molecule has 2 fully saturated rings. The van der Waals surface area contributed by atoms with Crippen molar-refractivity contribution in [1.82, 2.24) is 14.7 Å². The number of fused-ring (bicyclic) bond motifs is 1. The zero-order valence-electron chi connectivity index (χ0n) is 22.2. The van der Waals surface area contributed by atoms with E-state index in [1.54, 1.807) is 7.11 Å². The molecule has 2 aliphatic rings. The molecule has 0 spiro atoms. The maximum absolute atomic E-state index is 14.3. The van der Waals surface area contributed by atoms with Gasteiger partial charge in [-0.15, -0.1) is 0 Å². The zero-order chi connectivity index (χ0) is 27.3. The molecule has 3 radical (unpaired) electrons. The third-order valence-corrected chi connectivity index (χ3v) is 7.71. The monoisotopic (exact) mass is 531 g/mol. The predicted octanol–water partition coefficient (Wildman–Crippen LogP) is 6.82. The van der Waals surface area contributed by atoms with Gasteiger partial charge in [0.25, 0.3) is 0 Å². The molecule has 201 valence electrons. The molecule has 0 N–H and O–H groups in total. The summed E-state index contributed by atoms with van der Waals surface area (Å²) < 4.78 is 41.1. The first-order chi connectivity index (χ1) is 18.9. The van der Waals surface area contributed by atoms with Crippen LogP contribution in [-0.2, 0) is 9.53 Å². The van der Waals surface area contributed by atoms with E-state index in [2.05, 4.69) is 9.72 Å². The molecular weight excluding hydrogens is 502 g/mol. The van der Waals surface area contributed by atoms with Gasteiger partial charge in [0, 0.05) is 30.8 Å². The van der Waals surface area contributed by atoms with Crippen LogP contribution in [0.4, 0.5) is 14.5 Å². The second-order valence-electron chi connectivity index (χ2n) is 10.1. The summed E-state index contributed by atoms with van der Waals surface area (Å²) >= 11 is 0. The largest absolute Gasteiger partial charge is 0.375 e. The number of rotatable bonds is 5. The van der Waals surface area contributed by atoms with Crippen LogP contribution in [0.5, 0.6) is 0 Å². The number of methoxy groups -OCH3 is 1. The lowest BCUT2D eigenvalue weighted by molar-refractivity contribution is -0.119. The van der Waals surface area contributed by atoms with E-state index in [1.807, 2.05) is 32.0 Å². The number of nitrogens with zero attached hydrogens (tertiary/aromatic N) is 4. The highest BCUT2D eigenvalue weighted by Crippen LogP contribution is 2.42. The van der Waals surface area contributed by atoms with E-state index in [9.17, 15) is 13.6 Å². The summed E-state index contributed by atoms with van der Waals surface area (Å²) in [6.07, 6.45) is 5.81. The van der Waals surface area contributed by atoms with E-state index in [1.165, 1.54) is 17.0 Å². The molecule has 1 saturated heterocycles. The number of aryl methyl sites for hydroxylation is 2. The fourth-order valence-electron chi connectivity index (χ4n) is 5.81. The molecule has 0 unspecified atom stereocenters. The van der Waals surface area contributed by atoms with Gasteiger partial charge in [-0.25, -0.2) is 13.8 Å². The number of carbonyl (C=O) groups excluding carboxylic acids is 1. The average molecular weight is 532 g/mol. The van der Waals surface area contributed by atoms with Crippen molar-refractivity contribution < 1.29 is 22.8 Å². The predicted molar refractivity (Wildman–Crippen MR) is 142 cm³/mol. The fourth-order valence-corrected chi connectivity index (χ4v) is 5.81. The van der Waals surface area contributed by atoms with E-state index in [0.717, 1.165) is 77.5 Å². The minimum Gasteiger partial charge on any atom is -0.375 e. The molecule has 6 rings (SSSR count). The van der Waals surface area contributed by atoms with Crippen LogP contribution in [-0.4, -0.2) is 27.7 Å². The molecule has 2 aromatic carbocycles. The van der Waals surface area contributed by atoms with E-state index >= 15 is 0 Å². The molecular formula is C30H29F2N4O3. The van der Waals surface area contributed by atoms with Crippen molar-refractivity contribution in [1.29, 1.82) is 0 Å². The summed E-state index contributed by atoms with van der Waals surface area (Å²) in [4.78, 5) is 19.8. The summed E-state index contributed by atoms with van der Waals surface area (Å²) in [7, 11) is 1.71. The Morgan fingerprint density at radius 1 is 0.949 bits per heavy atom. The van der Waals surface area contributed by atoms with Crippen LogP contribution in [0.1, 0.15) is 62.2 Å². The van der Waals surface area contributed by atoms with Crippen molar-refractivity contribution in [2.24, 2.45) is 0 Å². The van der Waals surface area contributed by atoms with Gasteiger partial charge in [-0.1, -0.05) is 11.2 Å². The second-order valence-corrected chi connectivity index (χ2v) is 10.1. The SMILES string of the molecule is CO[C]1CC[C](n2c([C]3CCCC(=O)N3c3ccc(F)c(F)c3)nc3cc(-c4c(C)noc4C)ccc32)CC1. The summed E-state index contributed by atoms with van der Waals surface area (Å²) in [6, 6.07) is 11.5. The van der Waals surface area contributed by atoms with Crippen LogP contribution in [0, 0.1) is 43.7 Å². The molecule has 1 saturated carbocycles. The Morgan fingerprint density at radius 2 is 1.74 bits per heavy atom. The lowest BCUT2D eigenvalue weighted by Gasteiger charge is -2.36. The molecule has 7 nitrogen and oxygen atoms in total. The van der Waals surface area contributed by atoms with Gasteiger partial charge in [-0.2, -0.15) is 0 Å². The number of imidazole rings is 1. The smallest absolute Gasteiger partial charge is 0.227 e. The van der Waals surface area contributed by atoms with Crippen LogP contribution in [0.2, 0.25) is 0 Å². The maximum atomic E-state index is 14.3. The molecule has 1 amide bonds. The number of amides is 1. The molecule has 4 aromatic rings. The fraction of sp³-hybridized carbons (Fsp3) is 0.333. The molecule has 0 atom stereocenters. The lowest BCUT2D eigenvalue weighted by atomic mass is 9.91. The summed E-state index contributed by atoms with van der Waals surface area (Å²) in [5.74, 6) is -0.734. The van der Waals surface area contributed by atoms with Crippen molar-refractivity contribution in [2.75, 3.05) is 12.0 Å². The van der Waals surface area contributed by atoms with Crippen molar-refractivity contribution in [3.63, 3.8) is 0 Å². The Labute approximate surface area is 225 Å². The summed E-state index contributed by atoms with van der Waals surface area (Å²) in [6.45, 7) is 3.79. The first kappa shape index (κ1) is 25.7. The Morgan fingerprint density at radius 3 is 2.44 bits per heavy atom. The van der Waals surface area contributed by atoms with Gasteiger partial charge in [0.1, 0.15) is 17.6 Å². The van der Waals surface area contributed by atoms with Gasteiger partial charge in [0.05, 0.1) is 28.9 Å². The summed E-state index contributed by atoms with van der Waals surface area (Å²) in [5, 5.41) is 4.10. The molecule has 1 aliphatic carbocycles. The van der Waals surface area contributed by atoms with Gasteiger partial charge < -0.3 is 13.8 Å². The van der Waals surface area contributed by atoms with Gasteiger partial charge in [-0.3, -0.25) is 9.69 Å². The van der Waals surface area contributed by atoms with Crippen LogP contribution in [0.15, 0.2) is 40.9 Å². The minimum atomic E-state index is -0.993. The number of anilines is 1. The molecule has 9 heteroatoms. The first-order valence-corrected chi connectivity index (χ1v) is 13.2. The van der Waals surface area contributed by atoms with Gasteiger partial charge >= 0.3 is 0 Å². The van der Waals surface area contributed by atoms with Gasteiger partial charge in [-0.05, 0) is 82.2 Å². The number of hydrogen-bond acceptors (Lipinski definition) is 5. The number of ether oxygens (including phenoxy) is 1. The van der Waals surface area contributed by atoms with Gasteiger partial charge in [0.2, 0.25) is 5.91 Å². The minimum absolute atomic E-state index is 0.166. The number of carbonyl (C=O) groups is 1. The first-order valence-electron chi connectivity index (χ1n) is 13.2. The molecule has 39 heavy (non-hydrogen) atoms. The molecule has 3 heterocycles. The molecule has 1 aliphatic heterocycles. The maximum Gasteiger partial charge on any atom is 0.227 e. The topological polar surface area (TPSA) is 73.4 Å². The van der Waals surface area contributed by atoms with Crippen LogP contribution >= 0.6 is 0 Å². The average Bonchev–Trinajstić information content (AvgIpc) is 3.48. The Kier molecular flexibility index (Phi) is 6.71. The third-order valence-electron chi connectivity index (χ3n) is 7.71. The number of benzene rings is 2. The Balaban J connectivity index is 1.50. The van der Waals surface area contributed by atoms with Crippen molar-refractivity contribution in [3.8, 4) is 11.1 Å².